The van der Waals surface area contributed by atoms with Crippen molar-refractivity contribution in [1.29, 1.82) is 0 Å². The van der Waals surface area contributed by atoms with Crippen molar-refractivity contribution in [3.63, 3.8) is 0 Å². The molecule has 0 unspecified atom stereocenters. The van der Waals surface area contributed by atoms with E-state index < -0.39 is 0 Å². The van der Waals surface area contributed by atoms with E-state index in [1.54, 1.807) is 6.07 Å². The molecular weight excluding hydrogens is 352 g/mol. The second-order valence-corrected chi connectivity index (χ2v) is 7.00. The summed E-state index contributed by atoms with van der Waals surface area (Å²) >= 11 is 0. The Bertz CT molecular complexity index is 1050. The molecule has 1 aromatic heterocycles. The maximum Gasteiger partial charge on any atom is 0.267 e. The minimum Gasteiger partial charge on any atom is -0.378 e. The molecule has 0 saturated carbocycles. The molecule has 0 saturated heterocycles. The highest BCUT2D eigenvalue weighted by Gasteiger charge is 2.09. The number of amides is 1. The molecule has 2 aromatic carbocycles. The fourth-order valence-electron chi connectivity index (χ4n) is 2.80. The molecular formula is C22H24N4O2. The Morgan fingerprint density at radius 1 is 1.00 bits per heavy atom. The van der Waals surface area contributed by atoms with Crippen molar-refractivity contribution < 1.29 is 4.79 Å². The van der Waals surface area contributed by atoms with Gasteiger partial charge in [-0.25, -0.2) is 4.68 Å². The first-order valence-corrected chi connectivity index (χ1v) is 9.06. The highest BCUT2D eigenvalue weighted by atomic mass is 16.2. The molecule has 0 aliphatic rings. The van der Waals surface area contributed by atoms with Gasteiger partial charge in [-0.1, -0.05) is 12.1 Å². The van der Waals surface area contributed by atoms with Crippen LogP contribution in [0, 0.1) is 13.8 Å². The SMILES string of the molecule is Cc1ccc(-c2ccc(=O)n(CC(=O)Nc3ccc(N(C)C)cc3)n2)cc1C. The van der Waals surface area contributed by atoms with Gasteiger partial charge in [-0.3, -0.25) is 9.59 Å². The molecule has 28 heavy (non-hydrogen) atoms. The number of hydrogen-bond donors (Lipinski definition) is 1. The third-order valence-corrected chi connectivity index (χ3v) is 4.63. The zero-order valence-corrected chi connectivity index (χ0v) is 16.6. The maximum absolute atomic E-state index is 12.4. The Kier molecular flexibility index (Phi) is 5.59. The van der Waals surface area contributed by atoms with Crippen LogP contribution in [-0.4, -0.2) is 29.8 Å². The van der Waals surface area contributed by atoms with Gasteiger partial charge in [0.15, 0.2) is 0 Å². The molecule has 0 atom stereocenters. The van der Waals surface area contributed by atoms with Gasteiger partial charge >= 0.3 is 0 Å². The van der Waals surface area contributed by atoms with Gasteiger partial charge in [-0.15, -0.1) is 0 Å². The lowest BCUT2D eigenvalue weighted by Crippen LogP contribution is -2.29. The van der Waals surface area contributed by atoms with Crippen LogP contribution in [-0.2, 0) is 11.3 Å². The first-order valence-electron chi connectivity index (χ1n) is 9.06. The largest absolute Gasteiger partial charge is 0.378 e. The molecule has 0 aliphatic heterocycles. The maximum atomic E-state index is 12.4. The van der Waals surface area contributed by atoms with Crippen molar-refractivity contribution in [3.05, 3.63) is 76.1 Å². The molecule has 144 valence electrons. The minimum atomic E-state index is -0.314. The summed E-state index contributed by atoms with van der Waals surface area (Å²) in [5.74, 6) is -0.301. The van der Waals surface area contributed by atoms with Crippen LogP contribution in [0.1, 0.15) is 11.1 Å². The average molecular weight is 376 g/mol. The number of aryl methyl sites for hydroxylation is 2. The molecule has 6 heteroatoms. The third kappa shape index (κ3) is 4.46. The number of aromatic nitrogens is 2. The summed E-state index contributed by atoms with van der Waals surface area (Å²) < 4.78 is 1.19. The molecule has 0 fully saturated rings. The van der Waals surface area contributed by atoms with E-state index in [0.29, 0.717) is 11.4 Å². The lowest BCUT2D eigenvalue weighted by molar-refractivity contribution is -0.117. The number of carbonyl (C=O) groups excluding carboxylic acids is 1. The molecule has 0 bridgehead atoms. The van der Waals surface area contributed by atoms with Gasteiger partial charge in [-0.2, -0.15) is 5.10 Å². The van der Waals surface area contributed by atoms with Crippen LogP contribution in [0.5, 0.6) is 0 Å². The Hall–Kier alpha value is -3.41. The highest BCUT2D eigenvalue weighted by molar-refractivity contribution is 5.90. The summed E-state index contributed by atoms with van der Waals surface area (Å²) in [7, 11) is 3.91. The zero-order chi connectivity index (χ0) is 20.3. The summed E-state index contributed by atoms with van der Waals surface area (Å²) in [5, 5.41) is 7.17. The number of rotatable bonds is 5. The Morgan fingerprint density at radius 3 is 2.36 bits per heavy atom. The quantitative estimate of drug-likeness (QED) is 0.742. The predicted molar refractivity (Wildman–Crippen MR) is 113 cm³/mol. The van der Waals surface area contributed by atoms with Gasteiger partial charge in [0.2, 0.25) is 5.91 Å². The van der Waals surface area contributed by atoms with Crippen molar-refractivity contribution in [2.24, 2.45) is 0 Å². The molecule has 1 N–H and O–H groups in total. The zero-order valence-electron chi connectivity index (χ0n) is 16.6. The molecule has 3 rings (SSSR count). The second-order valence-electron chi connectivity index (χ2n) is 7.00. The van der Waals surface area contributed by atoms with Gasteiger partial charge < -0.3 is 10.2 Å². The fraction of sp³-hybridized carbons (Fsp3) is 0.227. The van der Waals surface area contributed by atoms with E-state index in [1.165, 1.54) is 16.3 Å². The van der Waals surface area contributed by atoms with Crippen LogP contribution in [0.25, 0.3) is 11.3 Å². The van der Waals surface area contributed by atoms with Crippen LogP contribution >= 0.6 is 0 Å². The lowest BCUT2D eigenvalue weighted by Gasteiger charge is -2.13. The summed E-state index contributed by atoms with van der Waals surface area (Å²) in [4.78, 5) is 26.5. The van der Waals surface area contributed by atoms with E-state index in [1.807, 2.05) is 75.3 Å². The molecule has 0 radical (unpaired) electrons. The van der Waals surface area contributed by atoms with Crippen molar-refractivity contribution in [2.45, 2.75) is 20.4 Å². The number of benzene rings is 2. The number of anilines is 2. The van der Waals surface area contributed by atoms with Gasteiger partial charge in [0, 0.05) is 37.1 Å². The smallest absolute Gasteiger partial charge is 0.267 e. The Balaban J connectivity index is 1.77. The highest BCUT2D eigenvalue weighted by Crippen LogP contribution is 2.19. The lowest BCUT2D eigenvalue weighted by atomic mass is 10.0. The van der Waals surface area contributed by atoms with Crippen LogP contribution in [0.2, 0.25) is 0 Å². The Morgan fingerprint density at radius 2 is 1.71 bits per heavy atom. The average Bonchev–Trinajstić information content (AvgIpc) is 2.66. The van der Waals surface area contributed by atoms with Crippen LogP contribution in [0.15, 0.2) is 59.4 Å². The van der Waals surface area contributed by atoms with E-state index in [4.69, 9.17) is 0 Å². The van der Waals surface area contributed by atoms with Crippen molar-refractivity contribution in [1.82, 2.24) is 9.78 Å². The molecule has 0 aliphatic carbocycles. The van der Waals surface area contributed by atoms with Crippen LogP contribution in [0.4, 0.5) is 11.4 Å². The standard InChI is InChI=1S/C22H24N4O2/c1-15-5-6-17(13-16(15)2)20-11-12-22(28)26(24-20)14-21(27)23-18-7-9-19(10-8-18)25(3)4/h5-13H,14H2,1-4H3,(H,23,27). The van der Waals surface area contributed by atoms with Crippen molar-refractivity contribution >= 4 is 17.3 Å². The van der Waals surface area contributed by atoms with Gasteiger partial charge in [0.25, 0.3) is 5.56 Å². The molecule has 0 spiro atoms. The first-order chi connectivity index (χ1) is 13.3. The molecule has 3 aromatic rings. The number of carbonyl (C=O) groups is 1. The summed E-state index contributed by atoms with van der Waals surface area (Å²) in [6, 6.07) is 16.6. The summed E-state index contributed by atoms with van der Waals surface area (Å²) in [5.41, 5.74) is 5.31. The van der Waals surface area contributed by atoms with E-state index in [-0.39, 0.29) is 18.0 Å². The molecule has 1 amide bonds. The number of nitrogens with one attached hydrogen (secondary N) is 1. The summed E-state index contributed by atoms with van der Waals surface area (Å²) in [6.07, 6.45) is 0. The van der Waals surface area contributed by atoms with E-state index >= 15 is 0 Å². The van der Waals surface area contributed by atoms with Gasteiger partial charge in [-0.05, 0) is 61.4 Å². The second kappa shape index (κ2) is 8.08. The third-order valence-electron chi connectivity index (χ3n) is 4.63. The van der Waals surface area contributed by atoms with Gasteiger partial charge in [0.05, 0.1) is 5.69 Å². The predicted octanol–water partition coefficient (Wildman–Crippen LogP) is 3.23. The van der Waals surface area contributed by atoms with Crippen LogP contribution in [0.3, 0.4) is 0 Å². The van der Waals surface area contributed by atoms with Crippen molar-refractivity contribution in [3.8, 4) is 11.3 Å². The van der Waals surface area contributed by atoms with E-state index in [0.717, 1.165) is 16.8 Å². The van der Waals surface area contributed by atoms with E-state index in [9.17, 15) is 9.59 Å². The molecule has 1 heterocycles. The molecule has 6 nitrogen and oxygen atoms in total. The van der Waals surface area contributed by atoms with Crippen molar-refractivity contribution in [2.75, 3.05) is 24.3 Å². The van der Waals surface area contributed by atoms with Gasteiger partial charge in [0.1, 0.15) is 6.54 Å². The summed E-state index contributed by atoms with van der Waals surface area (Å²) in [6.45, 7) is 3.93. The van der Waals surface area contributed by atoms with E-state index in [2.05, 4.69) is 10.4 Å². The monoisotopic (exact) mass is 376 g/mol. The number of hydrogen-bond acceptors (Lipinski definition) is 4. The van der Waals surface area contributed by atoms with Crippen LogP contribution < -0.4 is 15.8 Å². The first kappa shape index (κ1) is 19.4. The topological polar surface area (TPSA) is 67.2 Å². The normalized spacial score (nSPS) is 10.6. The Labute approximate surface area is 164 Å². The minimum absolute atomic E-state index is 0.146. The fourth-order valence-corrected chi connectivity index (χ4v) is 2.80. The number of nitrogens with zero attached hydrogens (tertiary/aromatic N) is 3.